The molecule has 0 atom stereocenters. The number of carbonyl (C=O) groups excluding carboxylic acids is 1. The van der Waals surface area contributed by atoms with Crippen molar-refractivity contribution in [1.29, 1.82) is 0 Å². The zero-order chi connectivity index (χ0) is 17.6. The first-order valence-electron chi connectivity index (χ1n) is 6.48. The molecule has 0 aliphatic carbocycles. The number of phosphoric ester groups is 1. The van der Waals surface area contributed by atoms with E-state index in [-0.39, 0.29) is 22.1 Å². The highest BCUT2D eigenvalue weighted by Crippen LogP contribution is 2.41. The summed E-state index contributed by atoms with van der Waals surface area (Å²) < 4.78 is 45.2. The zero-order valence-electron chi connectivity index (χ0n) is 12.6. The molecule has 0 saturated heterocycles. The average molecular weight is 365 g/mol. The van der Waals surface area contributed by atoms with Crippen molar-refractivity contribution in [3.63, 3.8) is 0 Å². The fourth-order valence-electron chi connectivity index (χ4n) is 2.22. The number of rotatable bonds is 5. The normalized spacial score (nSPS) is 16.8. The average Bonchev–Trinajstić information content (AvgIpc) is 2.62. The fourth-order valence-corrected chi connectivity index (χ4v) is 4.04. The summed E-state index contributed by atoms with van der Waals surface area (Å²) in [6.07, 6.45) is 0. The Morgan fingerprint density at radius 1 is 1.30 bits per heavy atom. The second-order valence-electron chi connectivity index (χ2n) is 5.15. The molecule has 2 rings (SSSR count). The number of fused-ring (bicyclic) bond motifs is 1. The van der Waals surface area contributed by atoms with Gasteiger partial charge in [0, 0.05) is 6.07 Å². The molecule has 0 fully saturated rings. The van der Waals surface area contributed by atoms with Gasteiger partial charge < -0.3 is 14.5 Å². The molecule has 1 aromatic carbocycles. The monoisotopic (exact) mass is 365 g/mol. The lowest BCUT2D eigenvalue weighted by Gasteiger charge is -2.15. The number of methoxy groups -OCH3 is 1. The molecule has 1 aliphatic heterocycles. The van der Waals surface area contributed by atoms with E-state index in [2.05, 4.69) is 4.52 Å². The number of ether oxygens (including phenoxy) is 1. The van der Waals surface area contributed by atoms with E-state index in [0.717, 1.165) is 0 Å². The van der Waals surface area contributed by atoms with E-state index in [1.54, 1.807) is 19.9 Å². The Balaban J connectivity index is 2.58. The molecule has 1 amide bonds. The summed E-state index contributed by atoms with van der Waals surface area (Å²) in [4.78, 5) is 29.6. The fraction of sp³-hybridized carbons (Fsp3) is 0.417. The second-order valence-corrected chi connectivity index (χ2v) is 8.22. The van der Waals surface area contributed by atoms with Gasteiger partial charge in [0.2, 0.25) is 0 Å². The van der Waals surface area contributed by atoms with Crippen molar-refractivity contribution in [3.05, 3.63) is 23.3 Å². The first kappa shape index (κ1) is 17.9. The number of amides is 1. The lowest BCUT2D eigenvalue weighted by atomic mass is 9.96. The first-order chi connectivity index (χ1) is 10.5. The van der Waals surface area contributed by atoms with Crippen LogP contribution < -0.4 is 4.74 Å². The maximum Gasteiger partial charge on any atom is 0.471 e. The summed E-state index contributed by atoms with van der Waals surface area (Å²) in [5, 5.41) is 0. The van der Waals surface area contributed by atoms with Crippen molar-refractivity contribution < 1.29 is 36.8 Å². The predicted molar refractivity (Wildman–Crippen MR) is 78.4 cm³/mol. The van der Waals surface area contributed by atoms with Crippen molar-refractivity contribution in [2.75, 3.05) is 13.8 Å². The molecule has 0 radical (unpaired) electrons. The summed E-state index contributed by atoms with van der Waals surface area (Å²) in [5.74, 6) is -0.790. The number of hydrogen-bond acceptors (Lipinski definition) is 6. The molecule has 11 heteroatoms. The topological polar surface area (TPSA) is 130 Å². The van der Waals surface area contributed by atoms with Crippen LogP contribution in [0.4, 0.5) is 0 Å². The van der Waals surface area contributed by atoms with E-state index in [0.29, 0.717) is 9.87 Å². The number of benzene rings is 1. The van der Waals surface area contributed by atoms with E-state index < -0.39 is 30.5 Å². The van der Waals surface area contributed by atoms with Crippen LogP contribution in [0.1, 0.15) is 35.7 Å². The van der Waals surface area contributed by atoms with Crippen molar-refractivity contribution in [2.45, 2.75) is 24.7 Å². The number of nitrogens with zero attached hydrogens (tertiary/aromatic N) is 1. The molecule has 9 nitrogen and oxygen atoms in total. The number of carbonyl (C=O) groups is 1. The molecular weight excluding hydrogens is 349 g/mol. The van der Waals surface area contributed by atoms with Gasteiger partial charge >= 0.3 is 7.82 Å². The number of sulfonamides is 1. The SMILES string of the molecule is COc1cc(C(C)C)c2c(c1)S(=O)(=O)N(COP(=O)(O)O)C2=O. The van der Waals surface area contributed by atoms with Gasteiger partial charge in [-0.1, -0.05) is 13.8 Å². The number of phosphoric acid groups is 1. The van der Waals surface area contributed by atoms with Crippen LogP contribution in [0, 0.1) is 0 Å². The molecule has 0 saturated carbocycles. The van der Waals surface area contributed by atoms with Crippen LogP contribution in [0.15, 0.2) is 17.0 Å². The van der Waals surface area contributed by atoms with E-state index in [1.807, 2.05) is 0 Å². The molecule has 1 heterocycles. The van der Waals surface area contributed by atoms with Crippen LogP contribution in [0.3, 0.4) is 0 Å². The van der Waals surface area contributed by atoms with E-state index in [9.17, 15) is 17.8 Å². The molecule has 0 aromatic heterocycles. The van der Waals surface area contributed by atoms with E-state index in [4.69, 9.17) is 14.5 Å². The molecule has 0 unspecified atom stereocenters. The van der Waals surface area contributed by atoms with Gasteiger partial charge in [-0.05, 0) is 17.5 Å². The maximum atomic E-state index is 12.5. The van der Waals surface area contributed by atoms with Gasteiger partial charge in [-0.2, -0.15) is 0 Å². The van der Waals surface area contributed by atoms with Gasteiger partial charge in [0.05, 0.1) is 12.7 Å². The Morgan fingerprint density at radius 3 is 2.39 bits per heavy atom. The van der Waals surface area contributed by atoms with Crippen LogP contribution in [-0.4, -0.2) is 42.3 Å². The van der Waals surface area contributed by atoms with Gasteiger partial charge in [0.25, 0.3) is 15.9 Å². The highest BCUT2D eigenvalue weighted by molar-refractivity contribution is 7.90. The highest BCUT2D eigenvalue weighted by Gasteiger charge is 2.44. The predicted octanol–water partition coefficient (Wildman–Crippen LogP) is 1.03. The molecule has 2 N–H and O–H groups in total. The molecule has 128 valence electrons. The summed E-state index contributed by atoms with van der Waals surface area (Å²) in [6, 6.07) is 2.76. The van der Waals surface area contributed by atoms with Crippen molar-refractivity contribution in [2.24, 2.45) is 0 Å². The zero-order valence-corrected chi connectivity index (χ0v) is 14.3. The summed E-state index contributed by atoms with van der Waals surface area (Å²) in [6.45, 7) is 2.49. The van der Waals surface area contributed by atoms with Crippen LogP contribution in [-0.2, 0) is 19.1 Å². The van der Waals surface area contributed by atoms with E-state index in [1.165, 1.54) is 13.2 Å². The van der Waals surface area contributed by atoms with Gasteiger partial charge in [-0.3, -0.25) is 9.32 Å². The Morgan fingerprint density at radius 2 is 1.91 bits per heavy atom. The van der Waals surface area contributed by atoms with Crippen LogP contribution in [0.25, 0.3) is 0 Å². The molecular formula is C12H16NO8PS. The van der Waals surface area contributed by atoms with Crippen LogP contribution in [0.5, 0.6) is 5.75 Å². The third-order valence-electron chi connectivity index (χ3n) is 3.32. The standard InChI is InChI=1S/C12H16NO8PS/c1-7(2)9-4-8(20-3)5-10-11(9)12(14)13(23(10,18)19)6-21-22(15,16)17/h4-5,7H,6H2,1-3H3,(H2,15,16,17). The van der Waals surface area contributed by atoms with Crippen molar-refractivity contribution >= 4 is 23.8 Å². The van der Waals surface area contributed by atoms with Crippen molar-refractivity contribution in [3.8, 4) is 5.75 Å². The Bertz CT molecular complexity index is 798. The lowest BCUT2D eigenvalue weighted by Crippen LogP contribution is -2.32. The molecule has 1 aromatic rings. The van der Waals surface area contributed by atoms with Crippen molar-refractivity contribution in [1.82, 2.24) is 4.31 Å². The smallest absolute Gasteiger partial charge is 0.471 e. The van der Waals surface area contributed by atoms with Gasteiger partial charge in [-0.15, -0.1) is 0 Å². The minimum Gasteiger partial charge on any atom is -0.497 e. The lowest BCUT2D eigenvalue weighted by molar-refractivity contribution is 0.0752. The third kappa shape index (κ3) is 3.26. The summed E-state index contributed by atoms with van der Waals surface area (Å²) in [7, 11) is -7.83. The Hall–Kier alpha value is -1.45. The molecule has 1 aliphatic rings. The first-order valence-corrected chi connectivity index (χ1v) is 9.45. The number of hydrogen-bond donors (Lipinski definition) is 2. The molecule has 0 spiro atoms. The molecule has 23 heavy (non-hydrogen) atoms. The van der Waals surface area contributed by atoms with Crippen LogP contribution >= 0.6 is 7.82 Å². The summed E-state index contributed by atoms with van der Waals surface area (Å²) in [5.41, 5.74) is 0.432. The largest absolute Gasteiger partial charge is 0.497 e. The van der Waals surface area contributed by atoms with Gasteiger partial charge in [0.15, 0.2) is 0 Å². The highest BCUT2D eigenvalue weighted by atomic mass is 32.2. The van der Waals surface area contributed by atoms with E-state index >= 15 is 0 Å². The van der Waals surface area contributed by atoms with Gasteiger partial charge in [-0.25, -0.2) is 17.3 Å². The Labute approximate surface area is 133 Å². The Kier molecular flexibility index (Phi) is 4.57. The minimum atomic E-state index is -4.93. The quantitative estimate of drug-likeness (QED) is 0.740. The molecule has 0 bridgehead atoms. The second kappa shape index (κ2) is 5.88. The van der Waals surface area contributed by atoms with Gasteiger partial charge in [0.1, 0.15) is 17.4 Å². The maximum absolute atomic E-state index is 12.5. The minimum absolute atomic E-state index is 0.0323. The van der Waals surface area contributed by atoms with Crippen LogP contribution in [0.2, 0.25) is 0 Å². The third-order valence-corrected chi connectivity index (χ3v) is 5.50. The summed E-state index contributed by atoms with van der Waals surface area (Å²) >= 11 is 0.